The van der Waals surface area contributed by atoms with Gasteiger partial charge in [0.15, 0.2) is 11.4 Å². The number of aromatic nitrogens is 2. The number of rotatable bonds is 3. The highest BCUT2D eigenvalue weighted by Gasteiger charge is 2.29. The van der Waals surface area contributed by atoms with Crippen molar-refractivity contribution < 1.29 is 4.57 Å². The maximum atomic E-state index is 2.30. The van der Waals surface area contributed by atoms with Crippen LogP contribution in [0.1, 0.15) is 0 Å². The first-order valence-electron chi connectivity index (χ1n) is 8.52. The van der Waals surface area contributed by atoms with Crippen molar-refractivity contribution in [2.24, 2.45) is 14.1 Å². The molecule has 0 saturated carbocycles. The topological polar surface area (TPSA) is 8.81 Å². The van der Waals surface area contributed by atoms with Crippen molar-refractivity contribution in [3.05, 3.63) is 91.0 Å². The zero-order valence-corrected chi connectivity index (χ0v) is 14.6. The van der Waals surface area contributed by atoms with E-state index in [1.165, 1.54) is 33.9 Å². The summed E-state index contributed by atoms with van der Waals surface area (Å²) in [5.74, 6) is 1.19. The fraction of sp³-hybridized carbons (Fsp3) is 0.0870. The molecule has 4 rings (SSSR count). The average molecular weight is 325 g/mol. The molecule has 0 aliphatic carbocycles. The van der Waals surface area contributed by atoms with Crippen LogP contribution in [0.5, 0.6) is 0 Å². The molecule has 0 fully saturated rings. The van der Waals surface area contributed by atoms with Gasteiger partial charge in [-0.2, -0.15) is 0 Å². The van der Waals surface area contributed by atoms with Crippen LogP contribution in [0.3, 0.4) is 0 Å². The SMILES string of the molecule is Cn1c(-c2ccccc2)c(-c2ccccc2)[n+](C)c1-c1ccccc1. The van der Waals surface area contributed by atoms with Crippen molar-refractivity contribution >= 4 is 0 Å². The molecule has 1 aromatic heterocycles. The summed E-state index contributed by atoms with van der Waals surface area (Å²) in [6.45, 7) is 0. The summed E-state index contributed by atoms with van der Waals surface area (Å²) in [6.07, 6.45) is 0. The smallest absolute Gasteiger partial charge is 0.225 e. The van der Waals surface area contributed by atoms with Crippen molar-refractivity contribution in [2.75, 3.05) is 0 Å². The lowest BCUT2D eigenvalue weighted by atomic mass is 10.0. The second-order valence-electron chi connectivity index (χ2n) is 6.24. The van der Waals surface area contributed by atoms with Crippen molar-refractivity contribution in [1.29, 1.82) is 0 Å². The molecule has 25 heavy (non-hydrogen) atoms. The zero-order valence-electron chi connectivity index (χ0n) is 14.6. The van der Waals surface area contributed by atoms with Crippen LogP contribution in [-0.2, 0) is 14.1 Å². The van der Waals surface area contributed by atoms with Gasteiger partial charge in [0.25, 0.3) is 5.82 Å². The van der Waals surface area contributed by atoms with Crippen LogP contribution in [-0.4, -0.2) is 4.57 Å². The standard InChI is InChI=1S/C23H21N2/c1-24-21(18-12-6-3-7-13-18)22(19-14-8-4-9-15-19)25(2)23(24)20-16-10-5-11-17-20/h3-17H,1-2H3/q+1. The lowest BCUT2D eigenvalue weighted by molar-refractivity contribution is -0.648. The van der Waals surface area contributed by atoms with Crippen molar-refractivity contribution in [3.63, 3.8) is 0 Å². The maximum absolute atomic E-state index is 2.30. The molecular weight excluding hydrogens is 304 g/mol. The van der Waals surface area contributed by atoms with E-state index in [2.05, 4.69) is 114 Å². The minimum absolute atomic E-state index is 1.19. The first-order valence-corrected chi connectivity index (χ1v) is 8.52. The third kappa shape index (κ3) is 2.66. The molecule has 4 aromatic rings. The molecule has 1 heterocycles. The minimum Gasteiger partial charge on any atom is -0.225 e. The van der Waals surface area contributed by atoms with Gasteiger partial charge in [0.2, 0.25) is 0 Å². The van der Waals surface area contributed by atoms with E-state index in [1.54, 1.807) is 0 Å². The lowest BCUT2D eigenvalue weighted by Gasteiger charge is -2.02. The Labute approximate surface area is 148 Å². The van der Waals surface area contributed by atoms with E-state index >= 15 is 0 Å². The van der Waals surface area contributed by atoms with Gasteiger partial charge >= 0.3 is 0 Å². The van der Waals surface area contributed by atoms with Crippen LogP contribution in [0, 0.1) is 0 Å². The Balaban J connectivity index is 2.06. The molecule has 0 saturated heterocycles. The molecular formula is C23H21N2+. The van der Waals surface area contributed by atoms with Gasteiger partial charge in [-0.15, -0.1) is 0 Å². The summed E-state index contributed by atoms with van der Waals surface area (Å²) in [7, 11) is 4.30. The predicted octanol–water partition coefficient (Wildman–Crippen LogP) is 4.85. The van der Waals surface area contributed by atoms with Gasteiger partial charge in [-0.05, 0) is 12.1 Å². The predicted molar refractivity (Wildman–Crippen MR) is 103 cm³/mol. The Kier molecular flexibility index (Phi) is 3.95. The van der Waals surface area contributed by atoms with Crippen molar-refractivity contribution in [3.8, 4) is 33.9 Å². The highest BCUT2D eigenvalue weighted by molar-refractivity contribution is 5.78. The zero-order chi connectivity index (χ0) is 17.2. The average Bonchev–Trinajstić information content (AvgIpc) is 2.94. The quantitative estimate of drug-likeness (QED) is 0.476. The molecule has 0 amide bonds. The Morgan fingerprint density at radius 1 is 0.600 bits per heavy atom. The first-order chi connectivity index (χ1) is 12.3. The lowest BCUT2D eigenvalue weighted by Crippen LogP contribution is -2.31. The number of hydrogen-bond acceptors (Lipinski definition) is 0. The molecule has 0 aliphatic heterocycles. The molecule has 122 valence electrons. The summed E-state index contributed by atoms with van der Waals surface area (Å²) < 4.78 is 4.60. The van der Waals surface area contributed by atoms with Gasteiger partial charge < -0.3 is 0 Å². The Hall–Kier alpha value is -3.13. The van der Waals surface area contributed by atoms with Gasteiger partial charge in [-0.1, -0.05) is 78.9 Å². The van der Waals surface area contributed by atoms with E-state index in [4.69, 9.17) is 0 Å². The molecule has 0 N–H and O–H groups in total. The molecule has 0 unspecified atom stereocenters. The second kappa shape index (κ2) is 6.40. The van der Waals surface area contributed by atoms with Crippen LogP contribution in [0.15, 0.2) is 91.0 Å². The third-order valence-corrected chi connectivity index (χ3v) is 4.66. The van der Waals surface area contributed by atoms with Crippen molar-refractivity contribution in [2.45, 2.75) is 0 Å². The van der Waals surface area contributed by atoms with E-state index in [1.807, 2.05) is 0 Å². The van der Waals surface area contributed by atoms with Gasteiger partial charge in [0, 0.05) is 11.1 Å². The third-order valence-electron chi connectivity index (χ3n) is 4.66. The highest BCUT2D eigenvalue weighted by Crippen LogP contribution is 2.33. The van der Waals surface area contributed by atoms with E-state index in [0.717, 1.165) is 0 Å². The molecule has 3 aromatic carbocycles. The molecule has 0 radical (unpaired) electrons. The van der Waals surface area contributed by atoms with Gasteiger partial charge in [0.05, 0.1) is 19.7 Å². The normalized spacial score (nSPS) is 10.8. The molecule has 2 heteroatoms. The summed E-state index contributed by atoms with van der Waals surface area (Å²) in [4.78, 5) is 0. The number of imidazole rings is 1. The van der Waals surface area contributed by atoms with Crippen LogP contribution < -0.4 is 4.57 Å². The Morgan fingerprint density at radius 3 is 1.56 bits per heavy atom. The maximum Gasteiger partial charge on any atom is 0.289 e. The summed E-state index contributed by atoms with van der Waals surface area (Å²) >= 11 is 0. The number of benzene rings is 3. The monoisotopic (exact) mass is 325 g/mol. The molecule has 0 spiro atoms. The molecule has 2 nitrogen and oxygen atoms in total. The minimum atomic E-state index is 1.19. The first kappa shape index (κ1) is 15.4. The van der Waals surface area contributed by atoms with Crippen molar-refractivity contribution in [1.82, 2.24) is 4.57 Å². The van der Waals surface area contributed by atoms with E-state index in [0.29, 0.717) is 0 Å². The fourth-order valence-electron chi connectivity index (χ4n) is 3.58. The number of hydrogen-bond donors (Lipinski definition) is 0. The van der Waals surface area contributed by atoms with E-state index in [9.17, 15) is 0 Å². The van der Waals surface area contributed by atoms with Crippen LogP contribution in [0.25, 0.3) is 33.9 Å². The summed E-state index contributed by atoms with van der Waals surface area (Å²) in [6, 6.07) is 31.8. The largest absolute Gasteiger partial charge is 0.289 e. The number of nitrogens with zero attached hydrogens (tertiary/aromatic N) is 2. The Morgan fingerprint density at radius 2 is 1.04 bits per heavy atom. The van der Waals surface area contributed by atoms with Gasteiger partial charge in [0.1, 0.15) is 0 Å². The Bertz CT molecular complexity index is 922. The summed E-state index contributed by atoms with van der Waals surface area (Å²) in [5.41, 5.74) is 6.12. The van der Waals surface area contributed by atoms with E-state index < -0.39 is 0 Å². The van der Waals surface area contributed by atoms with Gasteiger partial charge in [-0.3, -0.25) is 0 Å². The second-order valence-corrected chi connectivity index (χ2v) is 6.24. The van der Waals surface area contributed by atoms with Crippen LogP contribution in [0.2, 0.25) is 0 Å². The van der Waals surface area contributed by atoms with Crippen LogP contribution in [0.4, 0.5) is 0 Å². The van der Waals surface area contributed by atoms with Gasteiger partial charge in [-0.25, -0.2) is 9.13 Å². The van der Waals surface area contributed by atoms with Crippen LogP contribution >= 0.6 is 0 Å². The van der Waals surface area contributed by atoms with E-state index in [-0.39, 0.29) is 0 Å². The molecule has 0 bridgehead atoms. The summed E-state index contributed by atoms with van der Waals surface area (Å²) in [5, 5.41) is 0. The fourth-order valence-corrected chi connectivity index (χ4v) is 3.58. The molecule has 0 atom stereocenters. The highest BCUT2D eigenvalue weighted by atomic mass is 15.2. The molecule has 0 aliphatic rings.